The summed E-state index contributed by atoms with van der Waals surface area (Å²) in [6, 6.07) is 0. The number of carbonyl (C=O) groups excluding carboxylic acids is 1. The SMILES string of the molecule is CC(=O)NCc1cnc([C@@H]2CN(CC3(O)CCOCC3)CCO2)[nH]1. The van der Waals surface area contributed by atoms with Crippen LogP contribution in [-0.4, -0.2) is 70.9 Å². The molecule has 0 aliphatic carbocycles. The Bertz CT molecular complexity index is 556. The summed E-state index contributed by atoms with van der Waals surface area (Å²) < 4.78 is 11.2. The third-order valence-corrected chi connectivity index (χ3v) is 4.57. The van der Waals surface area contributed by atoms with Crippen LogP contribution >= 0.6 is 0 Å². The Morgan fingerprint density at radius 2 is 2.29 bits per heavy atom. The highest BCUT2D eigenvalue weighted by Crippen LogP contribution is 2.25. The molecule has 134 valence electrons. The van der Waals surface area contributed by atoms with Gasteiger partial charge in [-0.05, 0) is 0 Å². The third kappa shape index (κ3) is 4.54. The minimum Gasteiger partial charge on any atom is -0.388 e. The molecule has 0 unspecified atom stereocenters. The molecule has 3 rings (SSSR count). The molecule has 3 N–H and O–H groups in total. The van der Waals surface area contributed by atoms with Crippen molar-refractivity contribution in [3.63, 3.8) is 0 Å². The Balaban J connectivity index is 1.56. The van der Waals surface area contributed by atoms with Crippen LogP contribution in [0.5, 0.6) is 0 Å². The average Bonchev–Trinajstić information content (AvgIpc) is 3.02. The number of imidazole rings is 1. The zero-order chi connectivity index (χ0) is 17.0. The molecular weight excluding hydrogens is 312 g/mol. The number of ether oxygens (including phenoxy) is 2. The molecule has 0 bridgehead atoms. The predicted octanol–water partition coefficient (Wildman–Crippen LogP) is -0.0394. The number of β-amino-alcohol motifs (C(OH)–C–C–N with tert-alkyl or cyclic N) is 1. The van der Waals surface area contributed by atoms with E-state index >= 15 is 0 Å². The number of aliphatic hydroxyl groups is 1. The van der Waals surface area contributed by atoms with Gasteiger partial charge < -0.3 is 24.9 Å². The Labute approximate surface area is 141 Å². The molecule has 1 atom stereocenters. The van der Waals surface area contributed by atoms with E-state index < -0.39 is 5.60 Å². The van der Waals surface area contributed by atoms with Gasteiger partial charge >= 0.3 is 0 Å². The number of nitrogens with one attached hydrogen (secondary N) is 2. The van der Waals surface area contributed by atoms with E-state index in [4.69, 9.17) is 9.47 Å². The molecule has 8 heteroatoms. The molecule has 24 heavy (non-hydrogen) atoms. The van der Waals surface area contributed by atoms with Gasteiger partial charge in [0.1, 0.15) is 11.9 Å². The van der Waals surface area contributed by atoms with Gasteiger partial charge in [0.05, 0.1) is 30.6 Å². The van der Waals surface area contributed by atoms with Crippen LogP contribution in [0.3, 0.4) is 0 Å². The van der Waals surface area contributed by atoms with E-state index in [1.165, 1.54) is 6.92 Å². The van der Waals surface area contributed by atoms with Crippen LogP contribution in [0.25, 0.3) is 0 Å². The fourth-order valence-electron chi connectivity index (χ4n) is 3.19. The normalized spacial score (nSPS) is 24.7. The van der Waals surface area contributed by atoms with E-state index in [1.54, 1.807) is 6.20 Å². The Morgan fingerprint density at radius 1 is 1.50 bits per heavy atom. The smallest absolute Gasteiger partial charge is 0.217 e. The summed E-state index contributed by atoms with van der Waals surface area (Å²) >= 11 is 0. The zero-order valence-corrected chi connectivity index (χ0v) is 14.1. The minimum atomic E-state index is -0.667. The highest BCUT2D eigenvalue weighted by Gasteiger charge is 2.34. The number of rotatable bonds is 5. The third-order valence-electron chi connectivity index (χ3n) is 4.57. The fourth-order valence-corrected chi connectivity index (χ4v) is 3.19. The van der Waals surface area contributed by atoms with Crippen molar-refractivity contribution in [2.75, 3.05) is 39.5 Å². The summed E-state index contributed by atoms with van der Waals surface area (Å²) in [4.78, 5) is 20.8. The highest BCUT2D eigenvalue weighted by atomic mass is 16.5. The first kappa shape index (κ1) is 17.3. The number of aromatic nitrogens is 2. The number of H-pyrrole nitrogens is 1. The van der Waals surface area contributed by atoms with Gasteiger partial charge in [0.2, 0.25) is 5.91 Å². The van der Waals surface area contributed by atoms with Crippen molar-refractivity contribution in [3.8, 4) is 0 Å². The van der Waals surface area contributed by atoms with Gasteiger partial charge in [0, 0.05) is 52.6 Å². The molecule has 0 saturated carbocycles. The average molecular weight is 338 g/mol. The second kappa shape index (κ2) is 7.60. The van der Waals surface area contributed by atoms with Gasteiger partial charge in [-0.1, -0.05) is 0 Å². The molecule has 0 radical (unpaired) electrons. The maximum absolute atomic E-state index is 11.0. The standard InChI is InChI=1S/C16H26N4O4/c1-12(21)17-8-13-9-18-15(19-13)14-10-20(4-7-24-14)11-16(22)2-5-23-6-3-16/h9,14,22H,2-8,10-11H2,1H3,(H,17,21)(H,18,19)/t14-/m0/s1. The number of aromatic amines is 1. The lowest BCUT2D eigenvalue weighted by Crippen LogP contribution is -2.50. The Hall–Kier alpha value is -1.48. The number of nitrogens with zero attached hydrogens (tertiary/aromatic N) is 2. The predicted molar refractivity (Wildman–Crippen MR) is 86.2 cm³/mol. The van der Waals surface area contributed by atoms with Crippen molar-refractivity contribution >= 4 is 5.91 Å². The first-order valence-corrected chi connectivity index (χ1v) is 8.46. The van der Waals surface area contributed by atoms with Crippen LogP contribution in [-0.2, 0) is 20.8 Å². The van der Waals surface area contributed by atoms with Crippen molar-refractivity contribution in [2.24, 2.45) is 0 Å². The summed E-state index contributed by atoms with van der Waals surface area (Å²) in [6.45, 7) is 5.90. The Morgan fingerprint density at radius 3 is 3.04 bits per heavy atom. The van der Waals surface area contributed by atoms with Gasteiger partial charge in [0.15, 0.2) is 0 Å². The molecule has 2 aliphatic heterocycles. The van der Waals surface area contributed by atoms with Crippen molar-refractivity contribution in [1.82, 2.24) is 20.2 Å². The molecule has 2 aliphatic rings. The lowest BCUT2D eigenvalue weighted by atomic mass is 9.93. The van der Waals surface area contributed by atoms with Crippen LogP contribution in [0, 0.1) is 0 Å². The van der Waals surface area contributed by atoms with Gasteiger partial charge in [-0.2, -0.15) is 0 Å². The van der Waals surface area contributed by atoms with Crippen molar-refractivity contribution in [2.45, 2.75) is 38.0 Å². The van der Waals surface area contributed by atoms with E-state index in [-0.39, 0.29) is 12.0 Å². The number of carbonyl (C=O) groups is 1. The lowest BCUT2D eigenvalue weighted by molar-refractivity contribution is -0.119. The maximum atomic E-state index is 11.0. The van der Waals surface area contributed by atoms with Crippen LogP contribution in [0.2, 0.25) is 0 Å². The summed E-state index contributed by atoms with van der Waals surface area (Å²) in [7, 11) is 0. The van der Waals surface area contributed by atoms with Crippen LogP contribution in [0.15, 0.2) is 6.20 Å². The summed E-state index contributed by atoms with van der Waals surface area (Å²) in [5.41, 5.74) is 0.184. The monoisotopic (exact) mass is 338 g/mol. The minimum absolute atomic E-state index is 0.0732. The molecule has 1 aromatic rings. The van der Waals surface area contributed by atoms with Crippen molar-refractivity contribution in [1.29, 1.82) is 0 Å². The largest absolute Gasteiger partial charge is 0.388 e. The van der Waals surface area contributed by atoms with Gasteiger partial charge in [-0.25, -0.2) is 4.98 Å². The maximum Gasteiger partial charge on any atom is 0.217 e. The highest BCUT2D eigenvalue weighted by molar-refractivity contribution is 5.72. The number of hydrogen-bond acceptors (Lipinski definition) is 6. The quantitative estimate of drug-likeness (QED) is 0.697. The van der Waals surface area contributed by atoms with Gasteiger partial charge in [-0.15, -0.1) is 0 Å². The first-order chi connectivity index (χ1) is 11.5. The van der Waals surface area contributed by atoms with Crippen LogP contribution in [0.1, 0.15) is 37.4 Å². The molecule has 1 amide bonds. The van der Waals surface area contributed by atoms with Crippen molar-refractivity contribution in [3.05, 3.63) is 17.7 Å². The van der Waals surface area contributed by atoms with E-state index in [2.05, 4.69) is 20.2 Å². The van der Waals surface area contributed by atoms with E-state index in [0.29, 0.717) is 52.3 Å². The van der Waals surface area contributed by atoms with Crippen LogP contribution < -0.4 is 5.32 Å². The summed E-state index contributed by atoms with van der Waals surface area (Å²) in [6.07, 6.45) is 2.93. The Kier molecular flexibility index (Phi) is 5.50. The molecule has 2 fully saturated rings. The molecule has 2 saturated heterocycles. The molecule has 0 spiro atoms. The zero-order valence-electron chi connectivity index (χ0n) is 14.1. The second-order valence-corrected chi connectivity index (χ2v) is 6.63. The van der Waals surface area contributed by atoms with Crippen molar-refractivity contribution < 1.29 is 19.4 Å². The molecule has 8 nitrogen and oxygen atoms in total. The van der Waals surface area contributed by atoms with Gasteiger partial charge in [-0.3, -0.25) is 9.69 Å². The summed E-state index contributed by atoms with van der Waals surface area (Å²) in [5.74, 6) is 0.690. The lowest BCUT2D eigenvalue weighted by Gasteiger charge is -2.39. The van der Waals surface area contributed by atoms with E-state index in [9.17, 15) is 9.90 Å². The van der Waals surface area contributed by atoms with E-state index in [1.807, 2.05) is 0 Å². The summed E-state index contributed by atoms with van der Waals surface area (Å²) in [5, 5.41) is 13.4. The molecule has 3 heterocycles. The number of amides is 1. The fraction of sp³-hybridized carbons (Fsp3) is 0.750. The number of hydrogen-bond donors (Lipinski definition) is 3. The molecule has 0 aromatic carbocycles. The molecular formula is C16H26N4O4. The molecule has 1 aromatic heterocycles. The topological polar surface area (TPSA) is 99.7 Å². The van der Waals surface area contributed by atoms with E-state index in [0.717, 1.165) is 18.1 Å². The first-order valence-electron chi connectivity index (χ1n) is 8.46. The van der Waals surface area contributed by atoms with Crippen LogP contribution in [0.4, 0.5) is 0 Å². The second-order valence-electron chi connectivity index (χ2n) is 6.63. The number of morpholine rings is 1. The van der Waals surface area contributed by atoms with Gasteiger partial charge in [0.25, 0.3) is 0 Å².